The third-order valence-electron chi connectivity index (χ3n) is 3.62. The van der Waals surface area contributed by atoms with Gasteiger partial charge in [0.2, 0.25) is 0 Å². The van der Waals surface area contributed by atoms with Crippen molar-refractivity contribution in [3.8, 4) is 0 Å². The zero-order valence-electron chi connectivity index (χ0n) is 13.2. The maximum absolute atomic E-state index is 12.4. The molecule has 4 rings (SSSR count). The van der Waals surface area contributed by atoms with E-state index in [4.69, 9.17) is 5.73 Å². The minimum Gasteiger partial charge on any atom is -1.00 e. The Morgan fingerprint density at radius 1 is 0.885 bits per heavy atom. The molecule has 8 heteroatoms. The summed E-state index contributed by atoms with van der Waals surface area (Å²) in [6.07, 6.45) is 1.71. The van der Waals surface area contributed by atoms with Crippen molar-refractivity contribution in [2.24, 2.45) is 4.99 Å². The normalized spacial score (nSPS) is 11.0. The number of halogens is 1. The quantitative estimate of drug-likeness (QED) is 0.184. The number of nitrogens with zero attached hydrogens (tertiary/aromatic N) is 4. The number of nitrogens with two attached hydrogens (primary N) is 1. The van der Waals surface area contributed by atoms with Crippen LogP contribution in [0.1, 0.15) is 5.69 Å². The van der Waals surface area contributed by atoms with Crippen molar-refractivity contribution in [3.63, 3.8) is 0 Å². The second-order valence-corrected chi connectivity index (χ2v) is 5.25. The molecule has 0 aliphatic heterocycles. The number of benzene rings is 1. The molecule has 1 aromatic carbocycles. The Labute approximate surface area is 169 Å². The molecule has 3 heterocycles. The largest absolute Gasteiger partial charge is 2.00 e. The molecule has 0 aliphatic carbocycles. The summed E-state index contributed by atoms with van der Waals surface area (Å²) in [7, 11) is 0. The minimum absolute atomic E-state index is 0. The van der Waals surface area contributed by atoms with Crippen LogP contribution in [0.3, 0.4) is 0 Å². The molecule has 0 atom stereocenters. The Hall–Kier alpha value is -2.59. The van der Waals surface area contributed by atoms with Crippen molar-refractivity contribution < 1.29 is 37.9 Å². The summed E-state index contributed by atoms with van der Waals surface area (Å²) in [4.78, 5) is 16.8. The summed E-state index contributed by atoms with van der Waals surface area (Å²) < 4.78 is 0. The molecule has 0 saturated carbocycles. The smallest absolute Gasteiger partial charge is 1.00 e. The Balaban J connectivity index is 0.00000121. The molecular formula is C18H12ClN5OPd. The predicted octanol–water partition coefficient (Wildman–Crippen LogP) is -0.800. The van der Waals surface area contributed by atoms with E-state index in [-0.39, 0.29) is 44.3 Å². The number of anilines is 1. The molecule has 0 unspecified atom stereocenters. The monoisotopic (exact) mass is 455 g/mol. The zero-order chi connectivity index (χ0) is 16.5. The number of nitrogen functional groups attached to an aromatic ring is 1. The first kappa shape index (κ1) is 19.7. The van der Waals surface area contributed by atoms with E-state index in [1.54, 1.807) is 30.5 Å². The third-order valence-corrected chi connectivity index (χ3v) is 3.62. The summed E-state index contributed by atoms with van der Waals surface area (Å²) in [5.74, 6) is 0.103. The average Bonchev–Trinajstić information content (AvgIpc) is 2.61. The Morgan fingerprint density at radius 3 is 2.38 bits per heavy atom. The summed E-state index contributed by atoms with van der Waals surface area (Å²) in [6.45, 7) is 0. The number of rotatable bonds is 2. The second-order valence-electron chi connectivity index (χ2n) is 5.25. The van der Waals surface area contributed by atoms with Gasteiger partial charge in [-0.1, -0.05) is 30.3 Å². The molecule has 0 fully saturated rings. The standard InChI is InChI=1S/C18H13N5O.ClH.Pd/c19-14-4-1-5-15(22-14)23-18(24)13-9-8-12-7-6-11-3-2-10-20-16(11)17(12)21-13;;/h1-10H,(H3,19,22,23,24);1H;/q;;+2/p-2. The van der Waals surface area contributed by atoms with Gasteiger partial charge < -0.3 is 23.2 Å². The molecule has 2 N–H and O–H groups in total. The molecule has 0 amide bonds. The van der Waals surface area contributed by atoms with E-state index in [1.165, 1.54) is 0 Å². The second kappa shape index (κ2) is 8.19. The number of fused-ring (bicyclic) bond motifs is 3. The molecule has 132 valence electrons. The van der Waals surface area contributed by atoms with E-state index >= 15 is 0 Å². The Bertz CT molecular complexity index is 1100. The predicted molar refractivity (Wildman–Crippen MR) is 91.9 cm³/mol. The first-order valence-corrected chi connectivity index (χ1v) is 7.34. The zero-order valence-corrected chi connectivity index (χ0v) is 15.6. The van der Waals surface area contributed by atoms with Crippen LogP contribution in [0, 0.1) is 0 Å². The van der Waals surface area contributed by atoms with Gasteiger partial charge in [0.15, 0.2) is 5.82 Å². The van der Waals surface area contributed by atoms with Gasteiger partial charge in [-0.2, -0.15) is 0 Å². The fraction of sp³-hybridized carbons (Fsp3) is 0. The number of hydrogen-bond acceptors (Lipinski definition) is 6. The molecule has 0 spiro atoms. The summed E-state index contributed by atoms with van der Waals surface area (Å²) >= 11 is 0. The summed E-state index contributed by atoms with van der Waals surface area (Å²) in [5, 5.41) is 14.3. The van der Waals surface area contributed by atoms with Gasteiger partial charge in [0, 0.05) is 22.9 Å². The maximum Gasteiger partial charge on any atom is 2.00 e. The molecule has 4 aromatic rings. The fourth-order valence-corrected chi connectivity index (χ4v) is 2.51. The van der Waals surface area contributed by atoms with E-state index in [0.29, 0.717) is 11.3 Å². The number of aromatic nitrogens is 3. The van der Waals surface area contributed by atoms with E-state index in [0.717, 1.165) is 16.3 Å². The van der Waals surface area contributed by atoms with Crippen LogP contribution in [0.4, 0.5) is 11.6 Å². The van der Waals surface area contributed by atoms with Crippen molar-refractivity contribution in [2.45, 2.75) is 0 Å². The van der Waals surface area contributed by atoms with Crippen LogP contribution in [0.5, 0.6) is 0 Å². The first-order chi connectivity index (χ1) is 11.7. The topological polar surface area (TPSA) is 100 Å². The molecule has 0 bridgehead atoms. The third kappa shape index (κ3) is 3.81. The van der Waals surface area contributed by atoms with E-state index in [2.05, 4.69) is 19.9 Å². The van der Waals surface area contributed by atoms with Crippen LogP contribution in [0.15, 0.2) is 65.8 Å². The van der Waals surface area contributed by atoms with E-state index < -0.39 is 5.90 Å². The molecular weight excluding hydrogens is 444 g/mol. The molecule has 0 saturated heterocycles. The van der Waals surface area contributed by atoms with Gasteiger partial charge in [-0.05, 0) is 24.3 Å². The Morgan fingerprint density at radius 2 is 1.62 bits per heavy atom. The number of hydrogen-bond donors (Lipinski definition) is 1. The van der Waals surface area contributed by atoms with Crippen LogP contribution in [-0.2, 0) is 20.4 Å². The van der Waals surface area contributed by atoms with Crippen molar-refractivity contribution in [1.82, 2.24) is 15.0 Å². The van der Waals surface area contributed by atoms with Gasteiger partial charge in [-0.3, -0.25) is 4.98 Å². The van der Waals surface area contributed by atoms with Gasteiger partial charge >= 0.3 is 20.4 Å². The van der Waals surface area contributed by atoms with Crippen LogP contribution in [0.25, 0.3) is 21.8 Å². The van der Waals surface area contributed by atoms with Gasteiger partial charge in [0.1, 0.15) is 5.82 Å². The van der Waals surface area contributed by atoms with Crippen LogP contribution in [0.2, 0.25) is 0 Å². The molecule has 3 aromatic heterocycles. The van der Waals surface area contributed by atoms with Crippen molar-refractivity contribution in [1.29, 1.82) is 0 Å². The van der Waals surface area contributed by atoms with Gasteiger partial charge in [-0.25, -0.2) is 15.0 Å². The van der Waals surface area contributed by atoms with Gasteiger partial charge in [-0.15, -0.1) is 0 Å². The molecule has 26 heavy (non-hydrogen) atoms. The van der Waals surface area contributed by atoms with Gasteiger partial charge in [0.25, 0.3) is 0 Å². The molecule has 6 nitrogen and oxygen atoms in total. The number of aliphatic imine (C=N–C) groups is 1. The number of pyridine rings is 3. The van der Waals surface area contributed by atoms with Crippen LogP contribution < -0.4 is 23.2 Å². The van der Waals surface area contributed by atoms with Crippen molar-refractivity contribution >= 4 is 39.3 Å². The van der Waals surface area contributed by atoms with E-state index in [1.807, 2.05) is 30.3 Å². The van der Waals surface area contributed by atoms with Crippen LogP contribution in [-0.4, -0.2) is 20.8 Å². The SMILES string of the molecule is Nc1cccc(/N=C(\[O-])c2ccc3ccc4cccnc4c3n2)n1.[Cl-].[Pd+2]. The summed E-state index contributed by atoms with van der Waals surface area (Å²) in [6, 6.07) is 16.2. The van der Waals surface area contributed by atoms with E-state index in [9.17, 15) is 5.11 Å². The Kier molecular flexibility index (Phi) is 6.22. The first-order valence-electron chi connectivity index (χ1n) is 7.34. The van der Waals surface area contributed by atoms with Crippen molar-refractivity contribution in [3.05, 3.63) is 66.5 Å². The molecule has 0 radical (unpaired) electrons. The van der Waals surface area contributed by atoms with Crippen LogP contribution >= 0.6 is 0 Å². The summed E-state index contributed by atoms with van der Waals surface area (Å²) in [5.41, 5.74) is 7.28. The maximum atomic E-state index is 12.4. The minimum atomic E-state index is -0.470. The average molecular weight is 456 g/mol. The molecule has 0 aliphatic rings. The fourth-order valence-electron chi connectivity index (χ4n) is 2.51. The van der Waals surface area contributed by atoms with Crippen molar-refractivity contribution in [2.75, 3.05) is 5.73 Å². The van der Waals surface area contributed by atoms with Gasteiger partial charge in [0.05, 0.1) is 16.7 Å².